The van der Waals surface area contributed by atoms with Crippen LogP contribution in [0, 0.1) is 0 Å². The van der Waals surface area contributed by atoms with Gasteiger partial charge < -0.3 is 0 Å². The molecule has 0 saturated carbocycles. The second-order valence-electron chi connectivity index (χ2n) is 3.55. The topological polar surface area (TPSA) is 54.4 Å². The first-order valence-corrected chi connectivity index (χ1v) is 9.52. The zero-order valence-electron chi connectivity index (χ0n) is 9.42. The molecule has 6 heteroatoms. The van der Waals surface area contributed by atoms with Gasteiger partial charge in [0.05, 0.1) is 0 Å². The van der Waals surface area contributed by atoms with Crippen LogP contribution < -0.4 is 4.50 Å². The number of aliphatic carboxylic acids is 1. The van der Waals surface area contributed by atoms with Gasteiger partial charge in [0.2, 0.25) is 0 Å². The molecule has 4 atom stereocenters. The van der Waals surface area contributed by atoms with Crippen LogP contribution in [0.4, 0.5) is 0 Å². The van der Waals surface area contributed by atoms with Gasteiger partial charge in [-0.1, -0.05) is 0 Å². The molecular weight excluding hydrogens is 301 g/mol. The molecule has 0 spiro atoms. The Bertz CT molecular complexity index is 397. The minimum absolute atomic E-state index is 0.0361. The Balaban J connectivity index is 2.90. The van der Waals surface area contributed by atoms with E-state index in [1.54, 1.807) is 12.1 Å². The molecule has 1 aromatic rings. The Hall–Kier alpha value is -0.144. The van der Waals surface area contributed by atoms with E-state index in [0.717, 1.165) is 4.50 Å². The molecule has 4 unspecified atom stereocenters. The number of rotatable bonds is 6. The van der Waals surface area contributed by atoms with Gasteiger partial charge in [0.1, 0.15) is 0 Å². The zero-order valence-corrected chi connectivity index (χ0v) is 12.6. The molecule has 0 saturated heterocycles. The van der Waals surface area contributed by atoms with Crippen molar-refractivity contribution in [3.05, 3.63) is 30.3 Å². The summed E-state index contributed by atoms with van der Waals surface area (Å²) in [6, 6.07) is 9.11. The molecule has 0 heterocycles. The molecule has 1 rings (SSSR count). The van der Waals surface area contributed by atoms with Crippen molar-refractivity contribution in [2.75, 3.05) is 0 Å². The van der Waals surface area contributed by atoms with Crippen molar-refractivity contribution in [2.24, 2.45) is 0 Å². The quantitative estimate of drug-likeness (QED) is 0.820. The normalized spacial score (nSPS) is 15.8. The first kappa shape index (κ1) is 14.9. The maximum atomic E-state index is 12.4. The van der Waals surface area contributed by atoms with Crippen molar-refractivity contribution < 1.29 is 27.4 Å². The molecule has 0 aliphatic rings. The molecule has 17 heavy (non-hydrogen) atoms. The van der Waals surface area contributed by atoms with Gasteiger partial charge in [-0.2, -0.15) is 0 Å². The fraction of sp³-hybridized carbons (Fsp3) is 0.364. The summed E-state index contributed by atoms with van der Waals surface area (Å²) in [5, 5.41) is 8.89. The van der Waals surface area contributed by atoms with Crippen LogP contribution in [-0.4, -0.2) is 16.7 Å². The number of carboxylic acid groups (broad SMARTS) is 1. The van der Waals surface area contributed by atoms with E-state index in [9.17, 15) is 8.66 Å². The van der Waals surface area contributed by atoms with Crippen LogP contribution in [-0.2, 0) is 22.2 Å². The van der Waals surface area contributed by atoms with Crippen molar-refractivity contribution >= 4 is 27.7 Å². The average Bonchev–Trinajstić information content (AvgIpc) is 2.35. The van der Waals surface area contributed by atoms with Crippen LogP contribution in [0.1, 0.15) is 13.3 Å². The van der Waals surface area contributed by atoms with E-state index in [1.165, 1.54) is 0 Å². The van der Waals surface area contributed by atoms with E-state index >= 15 is 0 Å². The van der Waals surface area contributed by atoms with Crippen molar-refractivity contribution in [3.63, 3.8) is 0 Å². The second kappa shape index (κ2) is 7.33. The van der Waals surface area contributed by atoms with Gasteiger partial charge in [-0.05, 0) is 0 Å². The number of carboxylic acids is 1. The Kier molecular flexibility index (Phi) is 6.43. The van der Waals surface area contributed by atoms with Crippen LogP contribution in [0.3, 0.4) is 0 Å². The fourth-order valence-corrected chi connectivity index (χ4v) is 5.38. The van der Waals surface area contributed by atoms with Gasteiger partial charge in [0.15, 0.2) is 0 Å². The summed E-state index contributed by atoms with van der Waals surface area (Å²) in [5.41, 5.74) is 0.138. The summed E-state index contributed by atoms with van der Waals surface area (Å²) < 4.78 is 13.1. The van der Waals surface area contributed by atoms with E-state index < -0.39 is 19.6 Å². The summed E-state index contributed by atoms with van der Waals surface area (Å²) in [5.74, 6) is -0.885. The van der Waals surface area contributed by atoms with Gasteiger partial charge in [0, 0.05) is 0 Å². The van der Waals surface area contributed by atoms with E-state index in [-0.39, 0.29) is 16.9 Å². The second-order valence-corrected chi connectivity index (χ2v) is 7.92. The number of carbonyl (C=O) groups is 1. The van der Waals surface area contributed by atoms with Crippen LogP contribution in [0.5, 0.6) is 0 Å². The predicted octanol–water partition coefficient (Wildman–Crippen LogP) is 2.40. The van der Waals surface area contributed by atoms with Gasteiger partial charge in [-0.3, -0.25) is 0 Å². The molecule has 0 bridgehead atoms. The summed E-state index contributed by atoms with van der Waals surface area (Å²) in [4.78, 5) is 10.5. The Morgan fingerprint density at radius 2 is 2.06 bits per heavy atom. The molecule has 0 radical (unpaired) electrons. The SMILES string of the molecule is CC(PP)[CH](CC(=O)O)[Co](=[O])[c]1ccccc1. The Morgan fingerprint density at radius 3 is 2.53 bits per heavy atom. The predicted molar refractivity (Wildman–Crippen MR) is 70.3 cm³/mol. The molecular formula is C11H16CoO3P2. The summed E-state index contributed by atoms with van der Waals surface area (Å²) in [6.45, 7) is 1.95. The van der Waals surface area contributed by atoms with Gasteiger partial charge in [0.25, 0.3) is 0 Å². The maximum absolute atomic E-state index is 12.4. The molecule has 0 aliphatic heterocycles. The molecule has 3 nitrogen and oxygen atoms in total. The van der Waals surface area contributed by atoms with Crippen LogP contribution in [0.15, 0.2) is 30.3 Å². The monoisotopic (exact) mass is 317 g/mol. The van der Waals surface area contributed by atoms with Gasteiger partial charge in [-0.25, -0.2) is 0 Å². The van der Waals surface area contributed by atoms with Crippen molar-refractivity contribution in [3.8, 4) is 0 Å². The number of benzene rings is 1. The fourth-order valence-electron chi connectivity index (χ4n) is 1.31. The number of hydrogen-bond donors (Lipinski definition) is 1. The zero-order chi connectivity index (χ0) is 12.8. The van der Waals surface area contributed by atoms with E-state index in [4.69, 9.17) is 5.11 Å². The Labute approximate surface area is 109 Å². The third-order valence-electron chi connectivity index (χ3n) is 2.28. The third-order valence-corrected chi connectivity index (χ3v) is 7.45. The minimum atomic E-state index is -1.63. The molecule has 0 fully saturated rings. The van der Waals surface area contributed by atoms with Gasteiger partial charge in [-0.15, -0.1) is 0 Å². The summed E-state index contributed by atoms with van der Waals surface area (Å²) in [7, 11) is 3.13. The van der Waals surface area contributed by atoms with E-state index in [2.05, 4.69) is 8.93 Å². The van der Waals surface area contributed by atoms with E-state index in [1.807, 2.05) is 25.1 Å². The third kappa shape index (κ3) is 4.55. The molecule has 0 aliphatic carbocycles. The standard InChI is InChI=1S/C6H5.C5H11O2P2.Co.O/c1-2-4-6-5-3-1;1-4(9-8)2-3-5(6)7;;/h1-5H;2,4,9H,3,8H2,1H3,(H,6,7);;. The van der Waals surface area contributed by atoms with Crippen molar-refractivity contribution in [1.29, 1.82) is 0 Å². The van der Waals surface area contributed by atoms with Crippen LogP contribution in [0.2, 0.25) is 4.85 Å². The average molecular weight is 317 g/mol. The molecule has 1 N–H and O–H groups in total. The molecule has 0 amide bonds. The Morgan fingerprint density at radius 1 is 1.47 bits per heavy atom. The van der Waals surface area contributed by atoms with Gasteiger partial charge >= 0.3 is 109 Å². The van der Waals surface area contributed by atoms with E-state index in [0.29, 0.717) is 8.27 Å². The molecule has 0 aromatic heterocycles. The first-order chi connectivity index (χ1) is 8.06. The first-order valence-electron chi connectivity index (χ1n) is 5.08. The molecule has 1 aromatic carbocycles. The van der Waals surface area contributed by atoms with Crippen LogP contribution >= 0.6 is 17.2 Å². The van der Waals surface area contributed by atoms with Crippen molar-refractivity contribution in [1.82, 2.24) is 0 Å². The van der Waals surface area contributed by atoms with Crippen molar-refractivity contribution in [2.45, 2.75) is 23.9 Å². The summed E-state index contributed by atoms with van der Waals surface area (Å²) in [6.07, 6.45) is -0.0361. The molecule has 97 valence electrons. The van der Waals surface area contributed by atoms with Crippen LogP contribution in [0.25, 0.3) is 0 Å². The number of hydrogen-bond acceptors (Lipinski definition) is 2. The summed E-state index contributed by atoms with van der Waals surface area (Å²) >= 11 is -1.63.